The Labute approximate surface area is 212 Å². The van der Waals surface area contributed by atoms with Crippen LogP contribution in [-0.4, -0.2) is 42.7 Å². The van der Waals surface area contributed by atoms with E-state index < -0.39 is 17.1 Å². The van der Waals surface area contributed by atoms with E-state index in [4.69, 9.17) is 14.2 Å². The zero-order valence-corrected chi connectivity index (χ0v) is 20.5. The van der Waals surface area contributed by atoms with E-state index in [1.165, 1.54) is 7.11 Å². The highest BCUT2D eigenvalue weighted by molar-refractivity contribution is 8.18. The van der Waals surface area contributed by atoms with Crippen LogP contribution in [0.15, 0.2) is 77.7 Å². The first-order valence-corrected chi connectivity index (χ1v) is 11.8. The maximum Gasteiger partial charge on any atom is 0.294 e. The monoisotopic (exact) mass is 504 g/mol. The van der Waals surface area contributed by atoms with Gasteiger partial charge in [0.05, 0.1) is 19.1 Å². The van der Waals surface area contributed by atoms with Gasteiger partial charge in [0.2, 0.25) is 5.91 Å². The van der Waals surface area contributed by atoms with Gasteiger partial charge in [-0.3, -0.25) is 19.3 Å². The van der Waals surface area contributed by atoms with Gasteiger partial charge in [0.1, 0.15) is 18.9 Å². The fraction of sp³-hybridized carbons (Fsp3) is 0.148. The molecule has 0 spiro atoms. The van der Waals surface area contributed by atoms with Crippen LogP contribution in [0, 0.1) is 0 Å². The Bertz CT molecular complexity index is 1290. The normalized spacial score (nSPS) is 14.2. The number of anilines is 1. The quantitative estimate of drug-likeness (QED) is 0.412. The summed E-state index contributed by atoms with van der Waals surface area (Å²) in [7, 11) is 3.08. The molecule has 1 N–H and O–H groups in total. The lowest BCUT2D eigenvalue weighted by Crippen LogP contribution is -2.36. The fourth-order valence-corrected chi connectivity index (χ4v) is 4.27. The molecule has 9 heteroatoms. The van der Waals surface area contributed by atoms with Crippen molar-refractivity contribution in [3.63, 3.8) is 0 Å². The van der Waals surface area contributed by atoms with Gasteiger partial charge >= 0.3 is 0 Å². The lowest BCUT2D eigenvalue weighted by molar-refractivity contribution is -0.127. The van der Waals surface area contributed by atoms with Crippen LogP contribution in [0.1, 0.15) is 11.1 Å². The number of imide groups is 1. The summed E-state index contributed by atoms with van der Waals surface area (Å²) in [4.78, 5) is 38.8. The Kier molecular flexibility index (Phi) is 7.92. The van der Waals surface area contributed by atoms with Crippen LogP contribution < -0.4 is 19.5 Å². The Balaban J connectivity index is 1.41. The van der Waals surface area contributed by atoms with E-state index in [1.807, 2.05) is 30.3 Å². The Morgan fingerprint density at radius 3 is 2.39 bits per heavy atom. The number of methoxy groups -OCH3 is 2. The highest BCUT2D eigenvalue weighted by atomic mass is 32.2. The lowest BCUT2D eigenvalue weighted by atomic mass is 10.1. The third-order valence-electron chi connectivity index (χ3n) is 5.27. The summed E-state index contributed by atoms with van der Waals surface area (Å²) in [6, 6.07) is 21.7. The van der Waals surface area contributed by atoms with Crippen molar-refractivity contribution >= 4 is 40.6 Å². The van der Waals surface area contributed by atoms with E-state index in [0.29, 0.717) is 35.1 Å². The molecule has 3 aromatic carbocycles. The zero-order valence-electron chi connectivity index (χ0n) is 19.7. The average molecular weight is 505 g/mol. The smallest absolute Gasteiger partial charge is 0.294 e. The Hall–Kier alpha value is -4.24. The van der Waals surface area contributed by atoms with Crippen LogP contribution in [0.5, 0.6) is 17.2 Å². The first-order valence-electron chi connectivity index (χ1n) is 11.0. The van der Waals surface area contributed by atoms with Gasteiger partial charge in [-0.25, -0.2) is 0 Å². The minimum Gasteiger partial charge on any atom is -0.497 e. The van der Waals surface area contributed by atoms with E-state index >= 15 is 0 Å². The summed E-state index contributed by atoms with van der Waals surface area (Å²) in [6.45, 7) is -0.00234. The van der Waals surface area contributed by atoms with E-state index in [9.17, 15) is 14.4 Å². The first kappa shape index (κ1) is 24.9. The van der Waals surface area contributed by atoms with Gasteiger partial charge in [-0.05, 0) is 65.4 Å². The number of ether oxygens (including phenoxy) is 3. The maximum atomic E-state index is 12.8. The molecular weight excluding hydrogens is 480 g/mol. The highest BCUT2D eigenvalue weighted by Crippen LogP contribution is 2.34. The van der Waals surface area contributed by atoms with Crippen molar-refractivity contribution in [3.05, 3.63) is 88.8 Å². The molecule has 4 rings (SSSR count). The predicted octanol–water partition coefficient (Wildman–Crippen LogP) is 4.96. The minimum atomic E-state index is -0.529. The van der Waals surface area contributed by atoms with Crippen molar-refractivity contribution in [2.75, 3.05) is 26.1 Å². The second-order valence-corrected chi connectivity index (χ2v) is 8.72. The number of carbonyl (C=O) groups excluding carboxylic acids is 3. The molecule has 1 fully saturated rings. The van der Waals surface area contributed by atoms with E-state index in [1.54, 1.807) is 55.7 Å². The number of hydrogen-bond donors (Lipinski definition) is 1. The molecule has 0 radical (unpaired) electrons. The van der Waals surface area contributed by atoms with Gasteiger partial charge in [-0.2, -0.15) is 0 Å². The topological polar surface area (TPSA) is 94.2 Å². The SMILES string of the molecule is COc1ccc(NC(=O)CN2C(=O)S/C(=C/c3ccc(OCc4ccccc4)c(OC)c3)C2=O)cc1. The Morgan fingerprint density at radius 1 is 0.944 bits per heavy atom. The molecule has 0 bridgehead atoms. The number of thioether (sulfide) groups is 1. The number of nitrogens with one attached hydrogen (secondary N) is 1. The summed E-state index contributed by atoms with van der Waals surface area (Å²) < 4.78 is 16.4. The molecule has 8 nitrogen and oxygen atoms in total. The summed E-state index contributed by atoms with van der Waals surface area (Å²) >= 11 is 0.785. The number of hydrogen-bond acceptors (Lipinski definition) is 7. The fourth-order valence-electron chi connectivity index (χ4n) is 3.43. The number of rotatable bonds is 9. The molecule has 1 heterocycles. The van der Waals surface area contributed by atoms with Crippen LogP contribution in [-0.2, 0) is 16.2 Å². The van der Waals surface area contributed by atoms with Crippen LogP contribution in [0.25, 0.3) is 6.08 Å². The van der Waals surface area contributed by atoms with Crippen molar-refractivity contribution < 1.29 is 28.6 Å². The van der Waals surface area contributed by atoms with Crippen molar-refractivity contribution in [2.45, 2.75) is 6.61 Å². The van der Waals surface area contributed by atoms with Gasteiger partial charge in [0.25, 0.3) is 11.1 Å². The molecule has 0 aromatic heterocycles. The van der Waals surface area contributed by atoms with Crippen molar-refractivity contribution in [3.8, 4) is 17.2 Å². The molecule has 184 valence electrons. The largest absolute Gasteiger partial charge is 0.497 e. The molecule has 3 amide bonds. The summed E-state index contributed by atoms with van der Waals surface area (Å²) in [5.74, 6) is 0.694. The Morgan fingerprint density at radius 2 is 1.69 bits per heavy atom. The van der Waals surface area contributed by atoms with Crippen LogP contribution in [0.3, 0.4) is 0 Å². The van der Waals surface area contributed by atoms with Gasteiger partial charge < -0.3 is 19.5 Å². The first-order chi connectivity index (χ1) is 17.5. The van der Waals surface area contributed by atoms with Gasteiger partial charge in [0, 0.05) is 5.69 Å². The lowest BCUT2D eigenvalue weighted by Gasteiger charge is -2.13. The van der Waals surface area contributed by atoms with Crippen molar-refractivity contribution in [1.82, 2.24) is 4.90 Å². The number of nitrogens with zero attached hydrogens (tertiary/aromatic N) is 1. The third kappa shape index (κ3) is 6.05. The zero-order chi connectivity index (χ0) is 25.5. The third-order valence-corrected chi connectivity index (χ3v) is 6.18. The maximum absolute atomic E-state index is 12.8. The van der Waals surface area contributed by atoms with Gasteiger partial charge in [-0.1, -0.05) is 36.4 Å². The predicted molar refractivity (Wildman–Crippen MR) is 138 cm³/mol. The summed E-state index contributed by atoms with van der Waals surface area (Å²) in [6.07, 6.45) is 1.59. The molecule has 0 aliphatic carbocycles. The molecule has 36 heavy (non-hydrogen) atoms. The molecule has 1 aliphatic rings. The minimum absolute atomic E-state index is 0.220. The number of benzene rings is 3. The molecule has 0 saturated carbocycles. The van der Waals surface area contributed by atoms with Crippen molar-refractivity contribution in [1.29, 1.82) is 0 Å². The van der Waals surface area contributed by atoms with Gasteiger partial charge in [-0.15, -0.1) is 0 Å². The van der Waals surface area contributed by atoms with E-state index in [-0.39, 0.29) is 11.4 Å². The van der Waals surface area contributed by atoms with Gasteiger partial charge in [0.15, 0.2) is 11.5 Å². The molecule has 0 unspecified atom stereocenters. The van der Waals surface area contributed by atoms with Crippen molar-refractivity contribution in [2.24, 2.45) is 0 Å². The second-order valence-electron chi connectivity index (χ2n) is 7.73. The van der Waals surface area contributed by atoms with E-state index in [2.05, 4.69) is 5.32 Å². The molecule has 1 saturated heterocycles. The van der Waals surface area contributed by atoms with E-state index in [0.717, 1.165) is 22.2 Å². The van der Waals surface area contributed by atoms with Crippen LogP contribution in [0.4, 0.5) is 10.5 Å². The van der Waals surface area contributed by atoms with Crippen LogP contribution >= 0.6 is 11.8 Å². The average Bonchev–Trinajstić information content (AvgIpc) is 3.16. The number of carbonyl (C=O) groups is 3. The highest BCUT2D eigenvalue weighted by Gasteiger charge is 2.36. The molecule has 3 aromatic rings. The second kappa shape index (κ2) is 11.5. The molecule has 0 atom stereocenters. The summed E-state index contributed by atoms with van der Waals surface area (Å²) in [5, 5.41) is 2.16. The summed E-state index contributed by atoms with van der Waals surface area (Å²) in [5.41, 5.74) is 2.21. The molecular formula is C27H24N2O6S. The van der Waals surface area contributed by atoms with Crippen LogP contribution in [0.2, 0.25) is 0 Å². The molecule has 1 aliphatic heterocycles. The number of amides is 3. The standard InChI is InChI=1S/C27H24N2O6S/c1-33-21-11-9-20(10-12-21)28-25(30)16-29-26(31)24(36-27(29)32)15-19-8-13-22(23(14-19)34-2)35-17-18-6-4-3-5-7-18/h3-15H,16-17H2,1-2H3,(H,28,30)/b24-15+.